The van der Waals surface area contributed by atoms with Crippen LogP contribution in [0.1, 0.15) is 25.3 Å². The number of hydrogen-bond acceptors (Lipinski definition) is 5. The maximum Gasteiger partial charge on any atom is 0.328 e. The van der Waals surface area contributed by atoms with Crippen LogP contribution in [0.3, 0.4) is 0 Å². The Labute approximate surface area is 140 Å². The number of carboxylic acids is 1. The Kier molecular flexibility index (Phi) is 7.87. The van der Waals surface area contributed by atoms with E-state index < -0.39 is 36.0 Å². The number of carboxylic acid groups (broad SMARTS) is 1. The lowest BCUT2D eigenvalue weighted by Crippen LogP contribution is -2.53. The van der Waals surface area contributed by atoms with Crippen molar-refractivity contribution < 1.29 is 24.6 Å². The molecule has 8 nitrogen and oxygen atoms in total. The van der Waals surface area contributed by atoms with Crippen molar-refractivity contribution in [2.24, 2.45) is 5.73 Å². The van der Waals surface area contributed by atoms with Crippen LogP contribution in [0, 0.1) is 0 Å². The highest BCUT2D eigenvalue weighted by molar-refractivity contribution is 5.87. The van der Waals surface area contributed by atoms with Gasteiger partial charge in [-0.3, -0.25) is 9.59 Å². The monoisotopic (exact) mass is 337 g/mol. The molecule has 1 aromatic carbocycles. The van der Waals surface area contributed by atoms with E-state index in [-0.39, 0.29) is 12.8 Å². The number of nitrogens with one attached hydrogen (secondary N) is 2. The fourth-order valence-electron chi connectivity index (χ4n) is 2.09. The molecule has 0 aliphatic heterocycles. The molecule has 0 aliphatic carbocycles. The fraction of sp³-hybridized carbons (Fsp3) is 0.438. The van der Waals surface area contributed by atoms with Gasteiger partial charge in [0.25, 0.3) is 0 Å². The third kappa shape index (κ3) is 6.76. The number of primary amides is 1. The van der Waals surface area contributed by atoms with E-state index in [0.717, 1.165) is 5.56 Å². The summed E-state index contributed by atoms with van der Waals surface area (Å²) in [5.74, 6) is -2.50. The molecule has 0 saturated carbocycles. The van der Waals surface area contributed by atoms with Crippen LogP contribution in [0.5, 0.6) is 0 Å². The molecule has 132 valence electrons. The number of aliphatic hydroxyl groups excluding tert-OH is 1. The standard InChI is InChI=1S/C16H23N3O5/c1-10(20)14(16(23)24)19-15(22)12(7-8-13(17)21)18-9-11-5-3-2-4-6-11/h2-6,10,12,14,18,20H,7-9H2,1H3,(H2,17,21)(H,19,22)(H,23,24)/t10-,12+,14+/m1/s1. The first-order valence-electron chi connectivity index (χ1n) is 7.58. The lowest BCUT2D eigenvalue weighted by atomic mass is 10.1. The van der Waals surface area contributed by atoms with Gasteiger partial charge in [-0.05, 0) is 18.9 Å². The topological polar surface area (TPSA) is 142 Å². The summed E-state index contributed by atoms with van der Waals surface area (Å²) < 4.78 is 0. The Morgan fingerprint density at radius 1 is 1.21 bits per heavy atom. The van der Waals surface area contributed by atoms with Gasteiger partial charge in [-0.25, -0.2) is 4.79 Å². The van der Waals surface area contributed by atoms with Gasteiger partial charge < -0.3 is 26.6 Å². The van der Waals surface area contributed by atoms with Crippen LogP contribution < -0.4 is 16.4 Å². The van der Waals surface area contributed by atoms with Crippen LogP contribution in [0.4, 0.5) is 0 Å². The smallest absolute Gasteiger partial charge is 0.328 e. The van der Waals surface area contributed by atoms with Gasteiger partial charge in [0.2, 0.25) is 11.8 Å². The van der Waals surface area contributed by atoms with Gasteiger partial charge in [0.15, 0.2) is 6.04 Å². The maximum absolute atomic E-state index is 12.3. The van der Waals surface area contributed by atoms with E-state index in [1.54, 1.807) is 0 Å². The average Bonchev–Trinajstić information content (AvgIpc) is 2.52. The molecule has 6 N–H and O–H groups in total. The molecule has 0 saturated heterocycles. The van der Waals surface area contributed by atoms with Gasteiger partial charge in [0, 0.05) is 13.0 Å². The summed E-state index contributed by atoms with van der Waals surface area (Å²) in [4.78, 5) is 34.3. The minimum Gasteiger partial charge on any atom is -0.480 e. The minimum atomic E-state index is -1.42. The van der Waals surface area contributed by atoms with Gasteiger partial charge in [-0.1, -0.05) is 30.3 Å². The van der Waals surface area contributed by atoms with E-state index >= 15 is 0 Å². The molecule has 0 heterocycles. The van der Waals surface area contributed by atoms with Gasteiger partial charge in [-0.2, -0.15) is 0 Å². The number of hydrogen-bond donors (Lipinski definition) is 5. The number of carbonyl (C=O) groups excluding carboxylic acids is 2. The molecule has 0 spiro atoms. The van der Waals surface area contributed by atoms with Gasteiger partial charge in [0.1, 0.15) is 0 Å². The predicted octanol–water partition coefficient (Wildman–Crippen LogP) is -0.639. The van der Waals surface area contributed by atoms with Crippen LogP contribution in [0.15, 0.2) is 30.3 Å². The Balaban J connectivity index is 2.73. The molecule has 0 fully saturated rings. The number of nitrogens with two attached hydrogens (primary N) is 1. The van der Waals surface area contributed by atoms with Crippen molar-refractivity contribution in [2.75, 3.05) is 0 Å². The number of aliphatic carboxylic acids is 1. The van der Waals surface area contributed by atoms with Crippen LogP contribution in [-0.4, -0.2) is 46.2 Å². The summed E-state index contributed by atoms with van der Waals surface area (Å²) in [6, 6.07) is 7.07. The minimum absolute atomic E-state index is 0.0215. The van der Waals surface area contributed by atoms with E-state index in [1.807, 2.05) is 30.3 Å². The Bertz CT molecular complexity index is 562. The molecule has 1 rings (SSSR count). The van der Waals surface area contributed by atoms with Crippen molar-refractivity contribution in [3.8, 4) is 0 Å². The number of rotatable bonds is 10. The SMILES string of the molecule is C[C@@H](O)[C@H](NC(=O)[C@H](CCC(N)=O)NCc1ccccc1)C(=O)O. The zero-order chi connectivity index (χ0) is 18.1. The Morgan fingerprint density at radius 2 is 1.83 bits per heavy atom. The van der Waals surface area contributed by atoms with Gasteiger partial charge >= 0.3 is 5.97 Å². The van der Waals surface area contributed by atoms with E-state index in [9.17, 15) is 19.5 Å². The van der Waals surface area contributed by atoms with Crippen molar-refractivity contribution in [1.29, 1.82) is 0 Å². The van der Waals surface area contributed by atoms with E-state index in [0.29, 0.717) is 6.54 Å². The molecule has 0 aromatic heterocycles. The third-order valence-corrected chi connectivity index (χ3v) is 3.44. The molecule has 3 atom stereocenters. The first-order valence-corrected chi connectivity index (χ1v) is 7.58. The molecular formula is C16H23N3O5. The molecule has 0 bridgehead atoms. The van der Waals surface area contributed by atoms with E-state index in [4.69, 9.17) is 10.8 Å². The molecule has 0 radical (unpaired) electrons. The lowest BCUT2D eigenvalue weighted by molar-refractivity contribution is -0.145. The summed E-state index contributed by atoms with van der Waals surface area (Å²) in [7, 11) is 0. The molecular weight excluding hydrogens is 314 g/mol. The molecule has 0 aliphatic rings. The number of benzene rings is 1. The number of aliphatic hydroxyl groups is 1. The second kappa shape index (κ2) is 9.64. The van der Waals surface area contributed by atoms with Crippen molar-refractivity contribution >= 4 is 17.8 Å². The molecule has 8 heteroatoms. The summed E-state index contributed by atoms with van der Waals surface area (Å²) in [5.41, 5.74) is 6.04. The second-order valence-corrected chi connectivity index (χ2v) is 5.49. The Morgan fingerprint density at radius 3 is 2.33 bits per heavy atom. The fourth-order valence-corrected chi connectivity index (χ4v) is 2.09. The third-order valence-electron chi connectivity index (χ3n) is 3.44. The molecule has 2 amide bonds. The summed E-state index contributed by atoms with van der Waals surface area (Å²) in [6.07, 6.45) is -1.15. The first-order chi connectivity index (χ1) is 11.3. The number of carbonyl (C=O) groups is 3. The zero-order valence-corrected chi connectivity index (χ0v) is 13.4. The van der Waals surface area contributed by atoms with Crippen LogP contribution >= 0.6 is 0 Å². The average molecular weight is 337 g/mol. The summed E-state index contributed by atoms with van der Waals surface area (Å²) in [5, 5.41) is 23.7. The van der Waals surface area contributed by atoms with E-state index in [1.165, 1.54) is 6.92 Å². The van der Waals surface area contributed by atoms with Crippen LogP contribution in [-0.2, 0) is 20.9 Å². The van der Waals surface area contributed by atoms with Gasteiger partial charge in [-0.15, -0.1) is 0 Å². The van der Waals surface area contributed by atoms with Crippen molar-refractivity contribution in [1.82, 2.24) is 10.6 Å². The van der Waals surface area contributed by atoms with Crippen LogP contribution in [0.25, 0.3) is 0 Å². The van der Waals surface area contributed by atoms with Crippen molar-refractivity contribution in [3.05, 3.63) is 35.9 Å². The highest BCUT2D eigenvalue weighted by Crippen LogP contribution is 2.04. The quantitative estimate of drug-likeness (QED) is 0.384. The lowest BCUT2D eigenvalue weighted by Gasteiger charge is -2.22. The van der Waals surface area contributed by atoms with Gasteiger partial charge in [0.05, 0.1) is 12.1 Å². The Hall–Kier alpha value is -2.45. The predicted molar refractivity (Wildman–Crippen MR) is 86.7 cm³/mol. The highest BCUT2D eigenvalue weighted by Gasteiger charge is 2.28. The molecule has 0 unspecified atom stereocenters. The summed E-state index contributed by atoms with van der Waals surface area (Å²) in [6.45, 7) is 1.64. The largest absolute Gasteiger partial charge is 0.480 e. The first kappa shape index (κ1) is 19.6. The van der Waals surface area contributed by atoms with Crippen molar-refractivity contribution in [3.63, 3.8) is 0 Å². The molecule has 24 heavy (non-hydrogen) atoms. The summed E-state index contributed by atoms with van der Waals surface area (Å²) >= 11 is 0. The normalized spacial score (nSPS) is 14.4. The van der Waals surface area contributed by atoms with E-state index in [2.05, 4.69) is 10.6 Å². The molecule has 1 aromatic rings. The highest BCUT2D eigenvalue weighted by atomic mass is 16.4. The number of amides is 2. The van der Waals surface area contributed by atoms with Crippen molar-refractivity contribution in [2.45, 2.75) is 44.5 Å². The zero-order valence-electron chi connectivity index (χ0n) is 13.4. The maximum atomic E-state index is 12.3. The second-order valence-electron chi connectivity index (χ2n) is 5.49. The van der Waals surface area contributed by atoms with Crippen LogP contribution in [0.2, 0.25) is 0 Å².